The molecule has 0 aliphatic carbocycles. The molecule has 2 amide bonds. The molecule has 24 heavy (non-hydrogen) atoms. The van der Waals surface area contributed by atoms with Crippen molar-refractivity contribution >= 4 is 56.2 Å². The number of amides is 2. The molecule has 1 aliphatic rings. The highest BCUT2D eigenvalue weighted by atomic mass is 79.9. The smallest absolute Gasteiger partial charge is 0.317 e. The second-order valence-electron chi connectivity index (χ2n) is 5.78. The molecule has 4 nitrogen and oxygen atoms in total. The summed E-state index contributed by atoms with van der Waals surface area (Å²) in [6.45, 7) is 6.28. The Morgan fingerprint density at radius 1 is 1.25 bits per heavy atom. The zero-order chi connectivity index (χ0) is 17.1. The first-order valence-electron chi connectivity index (χ1n) is 7.78. The summed E-state index contributed by atoms with van der Waals surface area (Å²) in [6.07, 6.45) is 0. The number of urea groups is 1. The SMILES string of the molecule is CC(NC(=O)N1CCN(Cc2ccc(Br)s2)CC1)c1ccc(Cl)s1. The highest BCUT2D eigenvalue weighted by Crippen LogP contribution is 2.27. The zero-order valence-electron chi connectivity index (χ0n) is 13.3. The molecule has 1 N–H and O–H groups in total. The van der Waals surface area contributed by atoms with Crippen molar-refractivity contribution in [2.45, 2.75) is 19.5 Å². The van der Waals surface area contributed by atoms with Crippen LogP contribution in [0.1, 0.15) is 22.7 Å². The van der Waals surface area contributed by atoms with Gasteiger partial charge in [-0.1, -0.05) is 11.6 Å². The molecule has 1 fully saturated rings. The quantitative estimate of drug-likeness (QED) is 0.728. The molecule has 0 spiro atoms. The van der Waals surface area contributed by atoms with E-state index in [9.17, 15) is 4.79 Å². The molecule has 0 bridgehead atoms. The minimum Gasteiger partial charge on any atom is -0.331 e. The van der Waals surface area contributed by atoms with E-state index in [2.05, 4.69) is 38.3 Å². The molecule has 8 heteroatoms. The van der Waals surface area contributed by atoms with Crippen LogP contribution in [0.4, 0.5) is 4.79 Å². The van der Waals surface area contributed by atoms with Crippen LogP contribution in [0.2, 0.25) is 4.34 Å². The second kappa shape index (κ2) is 8.19. The minimum atomic E-state index is -0.0171. The van der Waals surface area contributed by atoms with Gasteiger partial charge in [-0.05, 0) is 47.1 Å². The van der Waals surface area contributed by atoms with Crippen LogP contribution < -0.4 is 5.32 Å². The van der Waals surface area contributed by atoms with E-state index in [1.807, 2.05) is 24.0 Å². The normalized spacial score (nSPS) is 17.0. The number of hydrogen-bond donors (Lipinski definition) is 1. The van der Waals surface area contributed by atoms with Crippen molar-refractivity contribution in [3.63, 3.8) is 0 Å². The van der Waals surface area contributed by atoms with Crippen LogP contribution in [0, 0.1) is 0 Å². The Hall–Kier alpha value is -0.600. The number of thiophene rings is 2. The second-order valence-corrected chi connectivity index (χ2v) is 10.1. The van der Waals surface area contributed by atoms with E-state index in [-0.39, 0.29) is 12.1 Å². The van der Waals surface area contributed by atoms with Crippen LogP contribution in [-0.4, -0.2) is 42.0 Å². The lowest BCUT2D eigenvalue weighted by Crippen LogP contribution is -2.51. The average molecular weight is 449 g/mol. The molecule has 1 saturated heterocycles. The summed E-state index contributed by atoms with van der Waals surface area (Å²) < 4.78 is 1.91. The number of carbonyl (C=O) groups excluding carboxylic acids is 1. The molecule has 3 rings (SSSR count). The number of nitrogens with zero attached hydrogens (tertiary/aromatic N) is 2. The molecule has 2 aromatic heterocycles. The fourth-order valence-electron chi connectivity index (χ4n) is 2.67. The number of piperazine rings is 1. The monoisotopic (exact) mass is 447 g/mol. The molecule has 1 unspecified atom stereocenters. The highest BCUT2D eigenvalue weighted by molar-refractivity contribution is 9.11. The molecule has 1 atom stereocenters. The topological polar surface area (TPSA) is 35.6 Å². The van der Waals surface area contributed by atoms with E-state index < -0.39 is 0 Å². The van der Waals surface area contributed by atoms with Gasteiger partial charge in [0, 0.05) is 42.5 Å². The standard InChI is InChI=1S/C16H19BrClN3OS2/c1-11(13-3-5-15(18)24-13)19-16(22)21-8-6-20(7-9-21)10-12-2-4-14(17)23-12/h2-5,11H,6-10H2,1H3,(H,19,22). The molecular weight excluding hydrogens is 430 g/mol. The molecule has 0 aromatic carbocycles. The first kappa shape index (κ1) is 18.2. The van der Waals surface area contributed by atoms with Gasteiger partial charge in [0.1, 0.15) is 0 Å². The van der Waals surface area contributed by atoms with E-state index in [1.54, 1.807) is 11.3 Å². The number of halogens is 2. The summed E-state index contributed by atoms with van der Waals surface area (Å²) in [5, 5.41) is 3.06. The molecule has 2 aromatic rings. The zero-order valence-corrected chi connectivity index (χ0v) is 17.3. The number of nitrogens with one attached hydrogen (secondary N) is 1. The Balaban J connectivity index is 1.46. The van der Waals surface area contributed by atoms with Crippen LogP contribution in [0.5, 0.6) is 0 Å². The van der Waals surface area contributed by atoms with Crippen LogP contribution in [0.25, 0.3) is 0 Å². The van der Waals surface area contributed by atoms with Crippen molar-refractivity contribution in [2.24, 2.45) is 0 Å². The lowest BCUT2D eigenvalue weighted by Gasteiger charge is -2.35. The van der Waals surface area contributed by atoms with Gasteiger partial charge in [0.15, 0.2) is 0 Å². The molecular formula is C16H19BrClN3OS2. The van der Waals surface area contributed by atoms with Gasteiger partial charge >= 0.3 is 6.03 Å². The van der Waals surface area contributed by atoms with Crippen LogP contribution in [0.3, 0.4) is 0 Å². The van der Waals surface area contributed by atoms with Gasteiger partial charge in [-0.15, -0.1) is 22.7 Å². The fraction of sp³-hybridized carbons (Fsp3) is 0.438. The summed E-state index contributed by atoms with van der Waals surface area (Å²) in [5.74, 6) is 0. The van der Waals surface area contributed by atoms with Crippen LogP contribution >= 0.6 is 50.2 Å². The number of carbonyl (C=O) groups is 1. The van der Waals surface area contributed by atoms with Crippen molar-refractivity contribution in [1.29, 1.82) is 0 Å². The van der Waals surface area contributed by atoms with Gasteiger partial charge in [-0.3, -0.25) is 4.90 Å². The van der Waals surface area contributed by atoms with Crippen LogP contribution in [-0.2, 0) is 6.54 Å². The maximum absolute atomic E-state index is 12.4. The average Bonchev–Trinajstić information content (AvgIpc) is 3.16. The summed E-state index contributed by atoms with van der Waals surface area (Å²) in [4.78, 5) is 19.1. The fourth-order valence-corrected chi connectivity index (χ4v) is 5.26. The number of rotatable bonds is 4. The Bertz CT molecular complexity index is 697. The maximum Gasteiger partial charge on any atom is 0.317 e. The predicted molar refractivity (Wildman–Crippen MR) is 105 cm³/mol. The third kappa shape index (κ3) is 4.73. The van der Waals surface area contributed by atoms with Gasteiger partial charge in [0.25, 0.3) is 0 Å². The maximum atomic E-state index is 12.4. The van der Waals surface area contributed by atoms with E-state index >= 15 is 0 Å². The van der Waals surface area contributed by atoms with E-state index in [1.165, 1.54) is 16.2 Å². The summed E-state index contributed by atoms with van der Waals surface area (Å²) >= 11 is 12.7. The van der Waals surface area contributed by atoms with E-state index in [4.69, 9.17) is 11.6 Å². The van der Waals surface area contributed by atoms with Crippen molar-refractivity contribution in [3.05, 3.63) is 42.1 Å². The summed E-state index contributed by atoms with van der Waals surface area (Å²) in [6, 6.07) is 8.06. The largest absolute Gasteiger partial charge is 0.331 e. The Labute approximate surface area is 163 Å². The Morgan fingerprint density at radius 3 is 2.58 bits per heavy atom. The van der Waals surface area contributed by atoms with E-state index in [0.29, 0.717) is 0 Å². The molecule has 1 aliphatic heterocycles. The highest BCUT2D eigenvalue weighted by Gasteiger charge is 2.23. The van der Waals surface area contributed by atoms with E-state index in [0.717, 1.165) is 45.7 Å². The molecule has 0 saturated carbocycles. The van der Waals surface area contributed by atoms with Gasteiger partial charge in [0.2, 0.25) is 0 Å². The first-order chi connectivity index (χ1) is 11.5. The van der Waals surface area contributed by atoms with Crippen molar-refractivity contribution in [3.8, 4) is 0 Å². The molecule has 3 heterocycles. The lowest BCUT2D eigenvalue weighted by atomic mass is 10.2. The Morgan fingerprint density at radius 2 is 2.00 bits per heavy atom. The summed E-state index contributed by atoms with van der Waals surface area (Å²) in [7, 11) is 0. The van der Waals surface area contributed by atoms with Crippen molar-refractivity contribution in [2.75, 3.05) is 26.2 Å². The lowest BCUT2D eigenvalue weighted by molar-refractivity contribution is 0.134. The van der Waals surface area contributed by atoms with Gasteiger partial charge < -0.3 is 10.2 Å². The molecule has 130 valence electrons. The van der Waals surface area contributed by atoms with Crippen LogP contribution in [0.15, 0.2) is 28.1 Å². The van der Waals surface area contributed by atoms with Gasteiger partial charge in [0.05, 0.1) is 14.2 Å². The Kier molecular flexibility index (Phi) is 6.21. The minimum absolute atomic E-state index is 0.00513. The molecule has 0 radical (unpaired) electrons. The van der Waals surface area contributed by atoms with Crippen molar-refractivity contribution in [1.82, 2.24) is 15.1 Å². The predicted octanol–water partition coefficient (Wildman–Crippen LogP) is 4.81. The van der Waals surface area contributed by atoms with Crippen molar-refractivity contribution < 1.29 is 4.79 Å². The first-order valence-corrected chi connectivity index (χ1v) is 10.6. The number of hydrogen-bond acceptors (Lipinski definition) is 4. The van der Waals surface area contributed by atoms with Gasteiger partial charge in [-0.2, -0.15) is 0 Å². The third-order valence-electron chi connectivity index (χ3n) is 4.03. The summed E-state index contributed by atoms with van der Waals surface area (Å²) in [5.41, 5.74) is 0. The van der Waals surface area contributed by atoms with Gasteiger partial charge in [-0.25, -0.2) is 4.79 Å². The third-order valence-corrected chi connectivity index (χ3v) is 7.05.